The highest BCUT2D eigenvalue weighted by Gasteiger charge is 2.25. The number of aliphatic carboxylic acids is 1. The van der Waals surface area contributed by atoms with Crippen molar-refractivity contribution in [3.63, 3.8) is 0 Å². The number of amides is 1. The van der Waals surface area contributed by atoms with Crippen molar-refractivity contribution in [1.29, 1.82) is 0 Å². The maximum Gasteiger partial charge on any atom is 0.323 e. The van der Waals surface area contributed by atoms with Gasteiger partial charge in [-0.25, -0.2) is 0 Å². The summed E-state index contributed by atoms with van der Waals surface area (Å²) in [6, 6.07) is 3.35. The molecule has 0 spiro atoms. The lowest BCUT2D eigenvalue weighted by Crippen LogP contribution is -2.42. The molecule has 1 aliphatic rings. The first-order chi connectivity index (χ1) is 7.61. The highest BCUT2D eigenvalue weighted by Crippen LogP contribution is 2.16. The van der Waals surface area contributed by atoms with Crippen molar-refractivity contribution in [3.05, 3.63) is 23.5 Å². The molecule has 0 saturated heterocycles. The van der Waals surface area contributed by atoms with Gasteiger partial charge in [0.15, 0.2) is 6.29 Å². The SMILES string of the molecule is O=Cc1ccc2n1CC(=O)N(CC(=O)O)C2. The van der Waals surface area contributed by atoms with E-state index in [1.165, 1.54) is 4.90 Å². The first-order valence-electron chi connectivity index (χ1n) is 4.75. The summed E-state index contributed by atoms with van der Waals surface area (Å²) in [6.45, 7) is -0.0386. The Labute approximate surface area is 91.1 Å². The summed E-state index contributed by atoms with van der Waals surface area (Å²) in [5.41, 5.74) is 1.22. The molecule has 6 nitrogen and oxygen atoms in total. The Morgan fingerprint density at radius 3 is 2.81 bits per heavy atom. The number of aldehydes is 1. The van der Waals surface area contributed by atoms with Gasteiger partial charge in [0.25, 0.3) is 0 Å². The van der Waals surface area contributed by atoms with Crippen LogP contribution in [0, 0.1) is 0 Å². The number of nitrogens with zero attached hydrogens (tertiary/aromatic N) is 2. The first kappa shape index (κ1) is 10.4. The van der Waals surface area contributed by atoms with E-state index in [1.807, 2.05) is 0 Å². The van der Waals surface area contributed by atoms with Gasteiger partial charge in [0.1, 0.15) is 13.1 Å². The van der Waals surface area contributed by atoms with Crippen LogP contribution in [0.2, 0.25) is 0 Å². The van der Waals surface area contributed by atoms with Crippen molar-refractivity contribution in [2.45, 2.75) is 13.1 Å². The third-order valence-electron chi connectivity index (χ3n) is 2.55. The lowest BCUT2D eigenvalue weighted by Gasteiger charge is -2.27. The molecule has 2 rings (SSSR count). The molecule has 0 unspecified atom stereocenters. The molecule has 16 heavy (non-hydrogen) atoms. The normalized spacial score (nSPS) is 14.8. The minimum Gasteiger partial charge on any atom is -0.480 e. The van der Waals surface area contributed by atoms with Crippen LogP contribution in [0.15, 0.2) is 12.1 Å². The molecule has 1 N–H and O–H groups in total. The number of carbonyl (C=O) groups excluding carboxylic acids is 2. The first-order valence-corrected chi connectivity index (χ1v) is 4.75. The zero-order chi connectivity index (χ0) is 11.7. The molecule has 0 aliphatic carbocycles. The molecule has 2 heterocycles. The number of hydrogen-bond acceptors (Lipinski definition) is 3. The number of fused-ring (bicyclic) bond motifs is 1. The largest absolute Gasteiger partial charge is 0.480 e. The quantitative estimate of drug-likeness (QED) is 0.714. The van der Waals surface area contributed by atoms with Crippen molar-refractivity contribution in [3.8, 4) is 0 Å². The predicted molar refractivity (Wildman–Crippen MR) is 52.9 cm³/mol. The van der Waals surface area contributed by atoms with E-state index < -0.39 is 5.97 Å². The third-order valence-corrected chi connectivity index (χ3v) is 2.55. The number of hydrogen-bond donors (Lipinski definition) is 1. The molecule has 1 amide bonds. The van der Waals surface area contributed by atoms with E-state index in [0.717, 1.165) is 5.69 Å². The van der Waals surface area contributed by atoms with Gasteiger partial charge < -0.3 is 14.6 Å². The van der Waals surface area contributed by atoms with E-state index >= 15 is 0 Å². The van der Waals surface area contributed by atoms with E-state index in [4.69, 9.17) is 5.11 Å². The fourth-order valence-electron chi connectivity index (χ4n) is 1.79. The number of aromatic nitrogens is 1. The van der Waals surface area contributed by atoms with Crippen LogP contribution in [0.5, 0.6) is 0 Å². The van der Waals surface area contributed by atoms with Crippen LogP contribution in [-0.4, -0.2) is 39.3 Å². The molecule has 1 aliphatic heterocycles. The molecular formula is C10H10N2O4. The third kappa shape index (κ3) is 1.69. The van der Waals surface area contributed by atoms with Gasteiger partial charge in [-0.15, -0.1) is 0 Å². The van der Waals surface area contributed by atoms with Crippen molar-refractivity contribution in [2.24, 2.45) is 0 Å². The molecule has 1 aromatic rings. The van der Waals surface area contributed by atoms with Gasteiger partial charge in [-0.2, -0.15) is 0 Å². The van der Waals surface area contributed by atoms with E-state index in [9.17, 15) is 14.4 Å². The van der Waals surface area contributed by atoms with Gasteiger partial charge in [-0.05, 0) is 12.1 Å². The van der Waals surface area contributed by atoms with Gasteiger partial charge in [-0.3, -0.25) is 14.4 Å². The Bertz CT molecular complexity index is 463. The Balaban J connectivity index is 2.26. The van der Waals surface area contributed by atoms with Crippen molar-refractivity contribution >= 4 is 18.2 Å². The second kappa shape index (κ2) is 3.80. The van der Waals surface area contributed by atoms with Crippen molar-refractivity contribution < 1.29 is 19.5 Å². The fourth-order valence-corrected chi connectivity index (χ4v) is 1.79. The minimum absolute atomic E-state index is 0.0314. The second-order valence-electron chi connectivity index (χ2n) is 3.60. The predicted octanol–water partition coefficient (Wildman–Crippen LogP) is -0.273. The van der Waals surface area contributed by atoms with Crippen LogP contribution in [0.4, 0.5) is 0 Å². The summed E-state index contributed by atoms with van der Waals surface area (Å²) in [5, 5.41) is 8.63. The monoisotopic (exact) mass is 222 g/mol. The Morgan fingerprint density at radius 2 is 2.19 bits per heavy atom. The average Bonchev–Trinajstić information content (AvgIpc) is 2.60. The fraction of sp³-hybridized carbons (Fsp3) is 0.300. The summed E-state index contributed by atoms with van der Waals surface area (Å²) in [5.74, 6) is -1.32. The molecule has 0 fully saturated rings. The average molecular weight is 222 g/mol. The van der Waals surface area contributed by atoms with Crippen LogP contribution >= 0.6 is 0 Å². The van der Waals surface area contributed by atoms with Gasteiger partial charge >= 0.3 is 5.97 Å². The maximum absolute atomic E-state index is 11.6. The van der Waals surface area contributed by atoms with E-state index in [1.54, 1.807) is 16.7 Å². The molecule has 6 heteroatoms. The van der Waals surface area contributed by atoms with Gasteiger partial charge in [-0.1, -0.05) is 0 Å². The number of carboxylic acids is 1. The molecule has 0 radical (unpaired) electrons. The van der Waals surface area contributed by atoms with E-state index in [0.29, 0.717) is 12.0 Å². The molecular weight excluding hydrogens is 212 g/mol. The smallest absolute Gasteiger partial charge is 0.323 e. The van der Waals surface area contributed by atoms with Gasteiger partial charge in [0.05, 0.1) is 12.2 Å². The summed E-state index contributed by atoms with van der Waals surface area (Å²) in [6.07, 6.45) is 0.684. The lowest BCUT2D eigenvalue weighted by molar-refractivity contribution is -0.146. The highest BCUT2D eigenvalue weighted by atomic mass is 16.4. The summed E-state index contributed by atoms with van der Waals surface area (Å²) >= 11 is 0. The molecule has 0 saturated carbocycles. The number of carbonyl (C=O) groups is 3. The Morgan fingerprint density at radius 1 is 1.44 bits per heavy atom. The zero-order valence-corrected chi connectivity index (χ0v) is 8.42. The summed E-state index contributed by atoms with van der Waals surface area (Å²) < 4.78 is 1.60. The molecule has 0 aromatic carbocycles. The van der Waals surface area contributed by atoms with Gasteiger partial charge in [0, 0.05) is 5.69 Å². The van der Waals surface area contributed by atoms with Crippen LogP contribution in [0.25, 0.3) is 0 Å². The molecule has 0 bridgehead atoms. The van der Waals surface area contributed by atoms with Crippen molar-refractivity contribution in [1.82, 2.24) is 9.47 Å². The van der Waals surface area contributed by atoms with Gasteiger partial charge in [0.2, 0.25) is 5.91 Å². The number of carboxylic acid groups (broad SMARTS) is 1. The Kier molecular flexibility index (Phi) is 2.47. The highest BCUT2D eigenvalue weighted by molar-refractivity contribution is 5.83. The number of rotatable bonds is 3. The van der Waals surface area contributed by atoms with Crippen LogP contribution in [0.1, 0.15) is 16.2 Å². The van der Waals surface area contributed by atoms with E-state index in [-0.39, 0.29) is 25.5 Å². The summed E-state index contributed by atoms with van der Waals surface area (Å²) in [7, 11) is 0. The van der Waals surface area contributed by atoms with Crippen LogP contribution in [0.3, 0.4) is 0 Å². The minimum atomic E-state index is -1.04. The molecule has 0 atom stereocenters. The molecule has 84 valence electrons. The maximum atomic E-state index is 11.6. The lowest BCUT2D eigenvalue weighted by atomic mass is 10.3. The van der Waals surface area contributed by atoms with Crippen LogP contribution in [-0.2, 0) is 22.7 Å². The zero-order valence-electron chi connectivity index (χ0n) is 8.42. The topological polar surface area (TPSA) is 79.6 Å². The summed E-state index contributed by atoms with van der Waals surface area (Å²) in [4.78, 5) is 34.0. The Hall–Kier alpha value is -2.11. The standard InChI is InChI=1S/C10H10N2O4/c13-6-8-2-1-7-3-11(5-10(15)16)9(14)4-12(7)8/h1-2,6H,3-5H2,(H,15,16). The van der Waals surface area contributed by atoms with E-state index in [2.05, 4.69) is 0 Å². The molecule has 1 aromatic heterocycles. The second-order valence-corrected chi connectivity index (χ2v) is 3.60. The van der Waals surface area contributed by atoms with Crippen molar-refractivity contribution in [2.75, 3.05) is 6.54 Å². The van der Waals surface area contributed by atoms with Crippen LogP contribution < -0.4 is 0 Å².